The first-order valence-electron chi connectivity index (χ1n) is 8.11. The normalized spacial score (nSPS) is 17.5. The summed E-state index contributed by atoms with van der Waals surface area (Å²) in [5, 5.41) is 6.07. The van der Waals surface area contributed by atoms with Gasteiger partial charge in [-0.1, -0.05) is 13.8 Å². The molecule has 1 aliphatic rings. The molecular formula is C16H24N3O4S+. The Morgan fingerprint density at radius 3 is 2.83 bits per heavy atom. The molecule has 1 saturated heterocycles. The number of carbonyl (C=O) groups is 3. The fraction of sp³-hybridized carbons (Fsp3) is 0.562. The number of hydrogen-bond donors (Lipinski definition) is 3. The highest BCUT2D eigenvalue weighted by Gasteiger charge is 2.24. The molecule has 3 N–H and O–H groups in total. The number of hydrogen-bond acceptors (Lipinski definition) is 5. The number of amides is 2. The van der Waals surface area contributed by atoms with Gasteiger partial charge < -0.3 is 20.3 Å². The van der Waals surface area contributed by atoms with Gasteiger partial charge in [-0.3, -0.25) is 9.59 Å². The Bertz CT molecular complexity index is 627. The zero-order valence-electron chi connectivity index (χ0n) is 14.2. The number of anilines is 1. The van der Waals surface area contributed by atoms with E-state index in [9.17, 15) is 14.4 Å². The Kier molecular flexibility index (Phi) is 6.33. The molecule has 1 atom stereocenters. The minimum atomic E-state index is -0.430. The Morgan fingerprint density at radius 2 is 2.21 bits per heavy atom. The average Bonchev–Trinajstić information content (AvgIpc) is 2.91. The van der Waals surface area contributed by atoms with Crippen LogP contribution in [0.15, 0.2) is 6.07 Å². The van der Waals surface area contributed by atoms with Crippen molar-refractivity contribution in [2.75, 3.05) is 38.1 Å². The SMILES string of the molecule is CCOC(=O)c1cc(C(C)C)sc1NC(=O)C[NH+]1CCNC(=O)C1. The smallest absolute Gasteiger partial charge is 0.341 e. The van der Waals surface area contributed by atoms with Gasteiger partial charge in [0.05, 0.1) is 25.3 Å². The second kappa shape index (κ2) is 8.25. The third-order valence-corrected chi connectivity index (χ3v) is 5.04. The van der Waals surface area contributed by atoms with Gasteiger partial charge in [-0.05, 0) is 18.9 Å². The highest BCUT2D eigenvalue weighted by molar-refractivity contribution is 7.16. The monoisotopic (exact) mass is 354 g/mol. The van der Waals surface area contributed by atoms with Gasteiger partial charge in [0, 0.05) is 4.88 Å². The maximum absolute atomic E-state index is 12.3. The van der Waals surface area contributed by atoms with Gasteiger partial charge in [-0.2, -0.15) is 0 Å². The molecule has 1 aromatic heterocycles. The highest BCUT2D eigenvalue weighted by atomic mass is 32.1. The number of nitrogens with one attached hydrogen (secondary N) is 3. The second-order valence-electron chi connectivity index (χ2n) is 6.02. The lowest BCUT2D eigenvalue weighted by molar-refractivity contribution is -0.885. The lowest BCUT2D eigenvalue weighted by atomic mass is 10.1. The maximum atomic E-state index is 12.3. The largest absolute Gasteiger partial charge is 0.462 e. The number of quaternary nitrogens is 1. The molecule has 0 radical (unpaired) electrons. The molecule has 1 fully saturated rings. The molecule has 0 aliphatic carbocycles. The lowest BCUT2D eigenvalue weighted by Gasteiger charge is -2.22. The second-order valence-corrected chi connectivity index (χ2v) is 7.10. The van der Waals surface area contributed by atoms with Crippen LogP contribution < -0.4 is 15.5 Å². The standard InChI is InChI=1S/C16H23N3O4S/c1-4-23-16(22)11-7-12(10(2)3)24-15(11)18-14(21)9-19-6-5-17-13(20)8-19/h7,10H,4-6,8-9H2,1-3H3,(H,17,20)(H,18,21)/p+1. The predicted octanol–water partition coefficient (Wildman–Crippen LogP) is 0.00140. The molecule has 8 heteroatoms. The van der Waals surface area contributed by atoms with Crippen molar-refractivity contribution in [3.8, 4) is 0 Å². The van der Waals surface area contributed by atoms with Crippen LogP contribution in [0.5, 0.6) is 0 Å². The molecule has 1 aliphatic heterocycles. The van der Waals surface area contributed by atoms with Crippen LogP contribution >= 0.6 is 11.3 Å². The van der Waals surface area contributed by atoms with Crippen LogP contribution in [-0.2, 0) is 14.3 Å². The van der Waals surface area contributed by atoms with E-state index in [1.54, 1.807) is 13.0 Å². The molecule has 2 amide bonds. The predicted molar refractivity (Wildman–Crippen MR) is 91.6 cm³/mol. The molecule has 0 spiro atoms. The van der Waals surface area contributed by atoms with Gasteiger partial charge in [-0.15, -0.1) is 11.3 Å². The van der Waals surface area contributed by atoms with Crippen LogP contribution in [0.25, 0.3) is 0 Å². The van der Waals surface area contributed by atoms with Gasteiger partial charge in [0.25, 0.3) is 11.8 Å². The zero-order chi connectivity index (χ0) is 17.7. The summed E-state index contributed by atoms with van der Waals surface area (Å²) in [7, 11) is 0. The minimum absolute atomic E-state index is 0.0468. The summed E-state index contributed by atoms with van der Waals surface area (Å²) in [4.78, 5) is 37.7. The molecule has 0 bridgehead atoms. The molecule has 2 heterocycles. The van der Waals surface area contributed by atoms with E-state index in [1.807, 2.05) is 13.8 Å². The van der Waals surface area contributed by atoms with Crippen molar-refractivity contribution in [3.63, 3.8) is 0 Å². The summed E-state index contributed by atoms with van der Waals surface area (Å²) in [5.41, 5.74) is 0.394. The van der Waals surface area contributed by atoms with E-state index in [2.05, 4.69) is 10.6 Å². The van der Waals surface area contributed by atoms with E-state index < -0.39 is 5.97 Å². The first kappa shape index (κ1) is 18.4. The molecule has 1 unspecified atom stereocenters. The fourth-order valence-electron chi connectivity index (χ4n) is 2.45. The molecule has 24 heavy (non-hydrogen) atoms. The summed E-state index contributed by atoms with van der Waals surface area (Å²) in [5.74, 6) is -0.428. The molecule has 0 saturated carbocycles. The molecule has 1 aromatic rings. The summed E-state index contributed by atoms with van der Waals surface area (Å²) in [6, 6.07) is 1.78. The van der Waals surface area contributed by atoms with Crippen LogP contribution in [0.4, 0.5) is 5.00 Å². The van der Waals surface area contributed by atoms with Crippen LogP contribution in [-0.4, -0.2) is 50.6 Å². The molecular weight excluding hydrogens is 330 g/mol. The Balaban J connectivity index is 2.07. The Hall–Kier alpha value is -1.93. The first-order valence-corrected chi connectivity index (χ1v) is 8.93. The van der Waals surface area contributed by atoms with Gasteiger partial charge in [0.15, 0.2) is 13.1 Å². The number of rotatable bonds is 6. The van der Waals surface area contributed by atoms with Gasteiger partial charge in [-0.25, -0.2) is 4.79 Å². The van der Waals surface area contributed by atoms with Crippen molar-refractivity contribution >= 4 is 34.1 Å². The number of carbonyl (C=O) groups excluding carboxylic acids is 3. The van der Waals surface area contributed by atoms with E-state index in [4.69, 9.17) is 4.74 Å². The quantitative estimate of drug-likeness (QED) is 0.628. The van der Waals surface area contributed by atoms with E-state index in [0.717, 1.165) is 9.78 Å². The van der Waals surface area contributed by atoms with Crippen molar-refractivity contribution in [2.45, 2.75) is 26.7 Å². The summed E-state index contributed by atoms with van der Waals surface area (Å²) in [6.45, 7) is 7.87. The van der Waals surface area contributed by atoms with Gasteiger partial charge in [0.2, 0.25) is 0 Å². The number of ether oxygens (including phenoxy) is 1. The summed E-state index contributed by atoms with van der Waals surface area (Å²) >= 11 is 1.39. The van der Waals surface area contributed by atoms with Crippen LogP contribution in [0.2, 0.25) is 0 Å². The molecule has 0 aromatic carbocycles. The van der Waals surface area contributed by atoms with Gasteiger partial charge >= 0.3 is 5.97 Å². The average molecular weight is 354 g/mol. The number of piperazine rings is 1. The Morgan fingerprint density at radius 1 is 1.46 bits per heavy atom. The third kappa shape index (κ3) is 4.78. The van der Waals surface area contributed by atoms with E-state index in [-0.39, 0.29) is 30.9 Å². The number of esters is 1. The molecule has 2 rings (SSSR count). The van der Waals surface area contributed by atoms with Crippen LogP contribution in [0.1, 0.15) is 41.9 Å². The summed E-state index contributed by atoms with van der Waals surface area (Å²) in [6.07, 6.45) is 0. The Labute approximate surface area is 145 Å². The fourth-order valence-corrected chi connectivity index (χ4v) is 3.52. The van der Waals surface area contributed by atoms with E-state index in [0.29, 0.717) is 30.2 Å². The first-order chi connectivity index (χ1) is 11.4. The van der Waals surface area contributed by atoms with E-state index >= 15 is 0 Å². The minimum Gasteiger partial charge on any atom is -0.462 e. The summed E-state index contributed by atoms with van der Waals surface area (Å²) < 4.78 is 5.07. The van der Waals surface area contributed by atoms with Crippen molar-refractivity contribution in [1.82, 2.24) is 5.32 Å². The topological polar surface area (TPSA) is 88.9 Å². The van der Waals surface area contributed by atoms with E-state index in [1.165, 1.54) is 11.3 Å². The van der Waals surface area contributed by atoms with Gasteiger partial charge in [0.1, 0.15) is 5.00 Å². The van der Waals surface area contributed by atoms with Crippen LogP contribution in [0, 0.1) is 0 Å². The molecule has 132 valence electrons. The van der Waals surface area contributed by atoms with Crippen LogP contribution in [0.3, 0.4) is 0 Å². The lowest BCUT2D eigenvalue weighted by Crippen LogP contribution is -3.16. The van der Waals surface area contributed by atoms with Crippen molar-refractivity contribution in [3.05, 3.63) is 16.5 Å². The van der Waals surface area contributed by atoms with Crippen molar-refractivity contribution < 1.29 is 24.0 Å². The zero-order valence-corrected chi connectivity index (χ0v) is 15.0. The van der Waals surface area contributed by atoms with Crippen molar-refractivity contribution in [1.29, 1.82) is 0 Å². The number of thiophene rings is 1. The highest BCUT2D eigenvalue weighted by Crippen LogP contribution is 2.33. The van der Waals surface area contributed by atoms with Crippen molar-refractivity contribution in [2.24, 2.45) is 0 Å². The third-order valence-electron chi connectivity index (χ3n) is 3.69. The maximum Gasteiger partial charge on any atom is 0.341 e. The molecule has 7 nitrogen and oxygen atoms in total.